The minimum Gasteiger partial charge on any atom is -0.454 e. The zero-order valence-corrected chi connectivity index (χ0v) is 12.4. The number of benzene rings is 2. The zero-order chi connectivity index (χ0) is 16.2. The fourth-order valence-electron chi connectivity index (χ4n) is 2.12. The summed E-state index contributed by atoms with van der Waals surface area (Å²) in [7, 11) is 0. The normalized spacial score (nSPS) is 11.9. The van der Waals surface area contributed by atoms with Gasteiger partial charge in [-0.05, 0) is 48.9 Å². The van der Waals surface area contributed by atoms with Crippen LogP contribution in [-0.2, 0) is 4.74 Å². The van der Waals surface area contributed by atoms with Crippen molar-refractivity contribution in [1.29, 1.82) is 0 Å². The second-order valence-electron chi connectivity index (χ2n) is 4.99. The molecule has 0 saturated carbocycles. The summed E-state index contributed by atoms with van der Waals surface area (Å²) in [6.07, 6.45) is 2.55. The van der Waals surface area contributed by atoms with Gasteiger partial charge in [0.25, 0.3) is 0 Å². The molecule has 0 aliphatic rings. The summed E-state index contributed by atoms with van der Waals surface area (Å²) in [4.78, 5) is 16.0. The van der Waals surface area contributed by atoms with Crippen LogP contribution in [0.25, 0.3) is 5.69 Å². The van der Waals surface area contributed by atoms with E-state index in [9.17, 15) is 9.18 Å². The van der Waals surface area contributed by atoms with Crippen LogP contribution in [0.5, 0.6) is 0 Å². The molecule has 3 rings (SSSR count). The monoisotopic (exact) mass is 311 g/mol. The average molecular weight is 311 g/mol. The lowest BCUT2D eigenvalue weighted by Gasteiger charge is -2.13. The molecule has 1 unspecified atom stereocenters. The predicted molar refractivity (Wildman–Crippen MR) is 81.6 cm³/mol. The number of halogens is 1. The van der Waals surface area contributed by atoms with Crippen LogP contribution in [0.2, 0.25) is 0 Å². The molecule has 0 bridgehead atoms. The maximum Gasteiger partial charge on any atom is 0.338 e. The second kappa shape index (κ2) is 6.39. The smallest absolute Gasteiger partial charge is 0.338 e. The summed E-state index contributed by atoms with van der Waals surface area (Å²) < 4.78 is 19.9. The van der Waals surface area contributed by atoms with Crippen LogP contribution in [0.1, 0.15) is 28.9 Å². The molecule has 0 spiro atoms. The van der Waals surface area contributed by atoms with Gasteiger partial charge in [-0.2, -0.15) is 5.10 Å². The van der Waals surface area contributed by atoms with Gasteiger partial charge in [0, 0.05) is 0 Å². The molecule has 23 heavy (non-hydrogen) atoms. The lowest BCUT2D eigenvalue weighted by atomic mass is 10.1. The van der Waals surface area contributed by atoms with E-state index in [4.69, 9.17) is 4.74 Å². The number of rotatable bonds is 4. The van der Waals surface area contributed by atoms with Crippen LogP contribution in [-0.4, -0.2) is 20.7 Å². The number of nitrogens with zero attached hydrogens (tertiary/aromatic N) is 3. The minimum atomic E-state index is -0.460. The highest BCUT2D eigenvalue weighted by atomic mass is 19.1. The molecule has 6 heteroatoms. The summed E-state index contributed by atoms with van der Waals surface area (Å²) in [5, 5.41) is 4.01. The third-order valence-electron chi connectivity index (χ3n) is 3.41. The zero-order valence-electron chi connectivity index (χ0n) is 12.4. The predicted octanol–water partition coefficient (Wildman–Crippen LogP) is 3.32. The van der Waals surface area contributed by atoms with Gasteiger partial charge in [-0.1, -0.05) is 12.1 Å². The summed E-state index contributed by atoms with van der Waals surface area (Å²) >= 11 is 0. The van der Waals surface area contributed by atoms with Crippen molar-refractivity contribution in [3.8, 4) is 5.69 Å². The number of esters is 1. The van der Waals surface area contributed by atoms with Crippen molar-refractivity contribution in [2.75, 3.05) is 0 Å². The number of hydrogen-bond acceptors (Lipinski definition) is 4. The Balaban J connectivity index is 1.69. The molecule has 0 saturated heterocycles. The van der Waals surface area contributed by atoms with E-state index < -0.39 is 12.1 Å². The van der Waals surface area contributed by atoms with Gasteiger partial charge < -0.3 is 4.74 Å². The van der Waals surface area contributed by atoms with Crippen LogP contribution >= 0.6 is 0 Å². The number of hydrogen-bond donors (Lipinski definition) is 0. The molecule has 0 aliphatic heterocycles. The summed E-state index contributed by atoms with van der Waals surface area (Å²) in [6, 6.07) is 12.7. The Bertz CT molecular complexity index is 784. The van der Waals surface area contributed by atoms with Gasteiger partial charge in [0.05, 0.1) is 11.3 Å². The molecule has 1 aromatic heterocycles. The Kier molecular flexibility index (Phi) is 4.14. The van der Waals surface area contributed by atoms with Crippen molar-refractivity contribution in [2.45, 2.75) is 13.0 Å². The molecule has 3 aromatic rings. The maximum absolute atomic E-state index is 12.9. The van der Waals surface area contributed by atoms with E-state index in [-0.39, 0.29) is 5.82 Å². The van der Waals surface area contributed by atoms with Gasteiger partial charge in [-0.25, -0.2) is 18.9 Å². The van der Waals surface area contributed by atoms with Crippen molar-refractivity contribution in [3.05, 3.63) is 78.1 Å². The largest absolute Gasteiger partial charge is 0.454 e. The number of aromatic nitrogens is 3. The SMILES string of the molecule is CC(OC(=O)c1ccc(-n2cncn2)cc1)c1ccc(F)cc1. The van der Waals surface area contributed by atoms with E-state index in [0.717, 1.165) is 11.3 Å². The minimum absolute atomic E-state index is 0.323. The van der Waals surface area contributed by atoms with E-state index in [1.165, 1.54) is 18.5 Å². The molecule has 1 atom stereocenters. The van der Waals surface area contributed by atoms with Gasteiger partial charge >= 0.3 is 5.97 Å². The van der Waals surface area contributed by atoms with Crippen LogP contribution in [0, 0.1) is 5.82 Å². The Morgan fingerprint density at radius 3 is 2.43 bits per heavy atom. The topological polar surface area (TPSA) is 57.0 Å². The molecular weight excluding hydrogens is 297 g/mol. The van der Waals surface area contributed by atoms with Crippen LogP contribution in [0.3, 0.4) is 0 Å². The van der Waals surface area contributed by atoms with Gasteiger partial charge in [0.15, 0.2) is 0 Å². The third kappa shape index (κ3) is 3.42. The first kappa shape index (κ1) is 14.9. The highest BCUT2D eigenvalue weighted by molar-refractivity contribution is 5.89. The molecule has 116 valence electrons. The lowest BCUT2D eigenvalue weighted by Crippen LogP contribution is -2.09. The van der Waals surface area contributed by atoms with Crippen LogP contribution in [0.15, 0.2) is 61.2 Å². The molecule has 0 fully saturated rings. The number of carbonyl (C=O) groups is 1. The number of ether oxygens (including phenoxy) is 1. The Hall–Kier alpha value is -3.02. The van der Waals surface area contributed by atoms with E-state index >= 15 is 0 Å². The molecule has 0 aliphatic carbocycles. The lowest BCUT2D eigenvalue weighted by molar-refractivity contribution is 0.0338. The Morgan fingerprint density at radius 1 is 1.13 bits per heavy atom. The standard InChI is InChI=1S/C17H14FN3O2/c1-12(13-2-6-15(18)7-3-13)23-17(22)14-4-8-16(9-5-14)21-11-19-10-20-21/h2-12H,1H3. The summed E-state index contributed by atoms with van der Waals surface area (Å²) in [6.45, 7) is 1.74. The molecular formula is C17H14FN3O2. The van der Waals surface area contributed by atoms with Crippen LogP contribution in [0.4, 0.5) is 4.39 Å². The van der Waals surface area contributed by atoms with Crippen molar-refractivity contribution in [3.63, 3.8) is 0 Å². The summed E-state index contributed by atoms with van der Waals surface area (Å²) in [5.41, 5.74) is 1.97. The third-order valence-corrected chi connectivity index (χ3v) is 3.41. The van der Waals surface area contributed by atoms with Crippen molar-refractivity contribution < 1.29 is 13.9 Å². The summed E-state index contributed by atoms with van der Waals surface area (Å²) in [5.74, 6) is -0.761. The maximum atomic E-state index is 12.9. The van der Waals surface area contributed by atoms with E-state index in [1.54, 1.807) is 54.3 Å². The Labute approximate surface area is 132 Å². The second-order valence-corrected chi connectivity index (χ2v) is 4.99. The van der Waals surface area contributed by atoms with Gasteiger partial charge in [-0.3, -0.25) is 0 Å². The quantitative estimate of drug-likeness (QED) is 0.694. The fraction of sp³-hybridized carbons (Fsp3) is 0.118. The van der Waals surface area contributed by atoms with Crippen molar-refractivity contribution in [1.82, 2.24) is 14.8 Å². The highest BCUT2D eigenvalue weighted by Gasteiger charge is 2.14. The molecule has 5 nitrogen and oxygen atoms in total. The Morgan fingerprint density at radius 2 is 1.83 bits per heavy atom. The first-order chi connectivity index (χ1) is 11.1. The van der Waals surface area contributed by atoms with Gasteiger partial charge in [0.2, 0.25) is 0 Å². The molecule has 0 radical (unpaired) electrons. The van der Waals surface area contributed by atoms with E-state index in [0.29, 0.717) is 5.56 Å². The van der Waals surface area contributed by atoms with Crippen LogP contribution < -0.4 is 0 Å². The molecule has 2 aromatic carbocycles. The van der Waals surface area contributed by atoms with Gasteiger partial charge in [-0.15, -0.1) is 0 Å². The number of carbonyl (C=O) groups excluding carboxylic acids is 1. The molecule has 0 N–H and O–H groups in total. The first-order valence-corrected chi connectivity index (χ1v) is 7.05. The van der Waals surface area contributed by atoms with Crippen molar-refractivity contribution in [2.24, 2.45) is 0 Å². The van der Waals surface area contributed by atoms with Crippen molar-refractivity contribution >= 4 is 5.97 Å². The fourth-order valence-corrected chi connectivity index (χ4v) is 2.12. The van der Waals surface area contributed by atoms with E-state index in [1.807, 2.05) is 0 Å². The van der Waals surface area contributed by atoms with E-state index in [2.05, 4.69) is 10.1 Å². The average Bonchev–Trinajstić information content (AvgIpc) is 3.10. The van der Waals surface area contributed by atoms with Gasteiger partial charge in [0.1, 0.15) is 24.6 Å². The highest BCUT2D eigenvalue weighted by Crippen LogP contribution is 2.19. The first-order valence-electron chi connectivity index (χ1n) is 7.05. The molecule has 0 amide bonds. The molecule has 1 heterocycles.